The largest absolute Gasteiger partial charge is 0.337 e. The van der Waals surface area contributed by atoms with Crippen LogP contribution in [0.15, 0.2) is 18.2 Å². The molecule has 0 unspecified atom stereocenters. The van der Waals surface area contributed by atoms with Gasteiger partial charge in [0.1, 0.15) is 0 Å². The number of benzene rings is 1. The Morgan fingerprint density at radius 1 is 1.43 bits per heavy atom. The molecule has 148 valence electrons. The van der Waals surface area contributed by atoms with Crippen molar-refractivity contribution in [1.82, 2.24) is 9.88 Å². The molecule has 0 saturated carbocycles. The number of amides is 2. The molecule has 8 nitrogen and oxygen atoms in total. The van der Waals surface area contributed by atoms with E-state index in [4.69, 9.17) is 11.6 Å². The zero-order valence-electron chi connectivity index (χ0n) is 15.4. The number of fused-ring (bicyclic) bond motifs is 1. The number of carbonyl (C=O) groups is 2. The van der Waals surface area contributed by atoms with E-state index < -0.39 is 10.8 Å². The average Bonchev–Trinajstić information content (AvgIpc) is 3.02. The molecule has 0 fully saturated rings. The third-order valence-corrected chi connectivity index (χ3v) is 5.62. The Hall–Kier alpha value is -2.52. The number of rotatable bonds is 5. The first-order valence-electron chi connectivity index (χ1n) is 8.76. The molecule has 1 aliphatic heterocycles. The quantitative estimate of drug-likeness (QED) is 0.581. The molecule has 0 radical (unpaired) electrons. The fourth-order valence-electron chi connectivity index (χ4n) is 2.91. The molecule has 2 heterocycles. The number of nitro benzene ring substituents is 1. The Kier molecular flexibility index (Phi) is 5.95. The number of nitro groups is 1. The van der Waals surface area contributed by atoms with Crippen molar-refractivity contribution in [3.63, 3.8) is 0 Å². The molecule has 0 atom stereocenters. The number of halogens is 1. The number of hydrogen-bond donors (Lipinski definition) is 1. The van der Waals surface area contributed by atoms with Gasteiger partial charge < -0.3 is 4.90 Å². The molecule has 0 bridgehead atoms. The van der Waals surface area contributed by atoms with Crippen LogP contribution >= 0.6 is 22.9 Å². The van der Waals surface area contributed by atoms with Crippen LogP contribution < -0.4 is 5.32 Å². The maximum atomic E-state index is 12.5. The van der Waals surface area contributed by atoms with E-state index in [0.717, 1.165) is 16.6 Å². The van der Waals surface area contributed by atoms with Crippen molar-refractivity contribution in [1.29, 1.82) is 0 Å². The summed E-state index contributed by atoms with van der Waals surface area (Å²) in [5.41, 5.74) is 0.657. The number of thiazole rings is 1. The molecule has 2 aromatic rings. The van der Waals surface area contributed by atoms with E-state index in [-0.39, 0.29) is 22.2 Å². The second-order valence-corrected chi connectivity index (χ2v) is 8.42. The van der Waals surface area contributed by atoms with Gasteiger partial charge in [0.05, 0.1) is 27.7 Å². The average molecular weight is 423 g/mol. The first-order chi connectivity index (χ1) is 13.2. The second-order valence-electron chi connectivity index (χ2n) is 6.93. The summed E-state index contributed by atoms with van der Waals surface area (Å²) in [6.07, 6.45) is 1.13. The summed E-state index contributed by atoms with van der Waals surface area (Å²) in [6, 6.07) is 3.70. The van der Waals surface area contributed by atoms with E-state index >= 15 is 0 Å². The van der Waals surface area contributed by atoms with Gasteiger partial charge in [0, 0.05) is 36.4 Å². The number of anilines is 1. The number of non-ortho nitro benzene ring substituents is 1. The normalized spacial score (nSPS) is 13.4. The molecular weight excluding hydrogens is 404 g/mol. The molecule has 1 aliphatic rings. The standard InChI is InChI=1S/C18H19ClN4O4S/c1-10(2)7-16(24)22-6-5-14-15(9-22)28-18(20-14)21-17(25)12-8-11(23(26)27)3-4-13(12)19/h3-4,8,10H,5-7,9H2,1-2H3,(H,20,21,25). The summed E-state index contributed by atoms with van der Waals surface area (Å²) >= 11 is 7.31. The Morgan fingerprint density at radius 2 is 2.18 bits per heavy atom. The van der Waals surface area contributed by atoms with Gasteiger partial charge in [-0.15, -0.1) is 0 Å². The summed E-state index contributed by atoms with van der Waals surface area (Å²) in [5, 5.41) is 14.1. The molecular formula is C18H19ClN4O4S. The van der Waals surface area contributed by atoms with Gasteiger partial charge in [0.15, 0.2) is 5.13 Å². The van der Waals surface area contributed by atoms with Crippen LogP contribution in [0.2, 0.25) is 5.02 Å². The van der Waals surface area contributed by atoms with Crippen molar-refractivity contribution in [3.05, 3.63) is 49.5 Å². The number of aromatic nitrogens is 1. The summed E-state index contributed by atoms with van der Waals surface area (Å²) < 4.78 is 0. The van der Waals surface area contributed by atoms with Gasteiger partial charge in [0.2, 0.25) is 5.91 Å². The van der Waals surface area contributed by atoms with Crippen molar-refractivity contribution in [2.75, 3.05) is 11.9 Å². The number of nitrogens with zero attached hydrogens (tertiary/aromatic N) is 3. The van der Waals surface area contributed by atoms with Crippen molar-refractivity contribution in [2.24, 2.45) is 5.92 Å². The van der Waals surface area contributed by atoms with Crippen LogP contribution in [0.5, 0.6) is 0 Å². The fourth-order valence-corrected chi connectivity index (χ4v) is 4.13. The lowest BCUT2D eigenvalue weighted by molar-refractivity contribution is -0.384. The minimum Gasteiger partial charge on any atom is -0.337 e. The molecule has 10 heteroatoms. The van der Waals surface area contributed by atoms with E-state index in [9.17, 15) is 19.7 Å². The zero-order valence-corrected chi connectivity index (χ0v) is 17.0. The minimum absolute atomic E-state index is 0.0118. The molecule has 3 rings (SSSR count). The van der Waals surface area contributed by atoms with Gasteiger partial charge in [-0.3, -0.25) is 25.0 Å². The molecule has 0 saturated heterocycles. The molecule has 2 amide bonds. The van der Waals surface area contributed by atoms with Crippen molar-refractivity contribution >= 4 is 45.6 Å². The molecule has 0 spiro atoms. The Labute approximate surface area is 170 Å². The van der Waals surface area contributed by atoms with Gasteiger partial charge in [-0.25, -0.2) is 4.98 Å². The molecule has 1 aromatic carbocycles. The summed E-state index contributed by atoms with van der Waals surface area (Å²) in [7, 11) is 0. The van der Waals surface area contributed by atoms with E-state index in [1.165, 1.54) is 23.5 Å². The highest BCUT2D eigenvalue weighted by atomic mass is 35.5. The van der Waals surface area contributed by atoms with Crippen LogP contribution in [0.25, 0.3) is 0 Å². The first-order valence-corrected chi connectivity index (χ1v) is 9.95. The van der Waals surface area contributed by atoms with Crippen molar-refractivity contribution in [2.45, 2.75) is 33.2 Å². The summed E-state index contributed by atoms with van der Waals surface area (Å²) in [5.74, 6) is -0.152. The summed E-state index contributed by atoms with van der Waals surface area (Å²) in [6.45, 7) is 5.09. The maximum Gasteiger partial charge on any atom is 0.270 e. The van der Waals surface area contributed by atoms with E-state index in [0.29, 0.717) is 37.0 Å². The van der Waals surface area contributed by atoms with E-state index in [1.54, 1.807) is 0 Å². The topological polar surface area (TPSA) is 105 Å². The van der Waals surface area contributed by atoms with E-state index in [2.05, 4.69) is 10.3 Å². The lowest BCUT2D eigenvalue weighted by atomic mass is 10.1. The van der Waals surface area contributed by atoms with Gasteiger partial charge in [-0.2, -0.15) is 0 Å². The molecule has 28 heavy (non-hydrogen) atoms. The fraction of sp³-hybridized carbons (Fsp3) is 0.389. The van der Waals surface area contributed by atoms with Crippen molar-refractivity contribution < 1.29 is 14.5 Å². The van der Waals surface area contributed by atoms with E-state index in [1.807, 2.05) is 18.7 Å². The van der Waals surface area contributed by atoms with Gasteiger partial charge in [-0.05, 0) is 12.0 Å². The van der Waals surface area contributed by atoms with Gasteiger partial charge >= 0.3 is 0 Å². The lowest BCUT2D eigenvalue weighted by Gasteiger charge is -2.26. The lowest BCUT2D eigenvalue weighted by Crippen LogP contribution is -2.36. The third kappa shape index (κ3) is 4.48. The molecule has 1 aromatic heterocycles. The molecule has 1 N–H and O–H groups in total. The smallest absolute Gasteiger partial charge is 0.270 e. The number of hydrogen-bond acceptors (Lipinski definition) is 6. The molecule has 0 aliphatic carbocycles. The van der Waals surface area contributed by atoms with Crippen LogP contribution in [-0.2, 0) is 17.8 Å². The van der Waals surface area contributed by atoms with Crippen LogP contribution in [0.3, 0.4) is 0 Å². The third-order valence-electron chi connectivity index (χ3n) is 4.29. The van der Waals surface area contributed by atoms with Crippen molar-refractivity contribution in [3.8, 4) is 0 Å². The Bertz CT molecular complexity index is 944. The monoisotopic (exact) mass is 422 g/mol. The predicted octanol–water partition coefficient (Wildman–Crippen LogP) is 3.89. The van der Waals surface area contributed by atoms with Gasteiger partial charge in [0.25, 0.3) is 11.6 Å². The predicted molar refractivity (Wildman–Crippen MR) is 107 cm³/mol. The van der Waals surface area contributed by atoms with Crippen LogP contribution in [0, 0.1) is 16.0 Å². The summed E-state index contributed by atoms with van der Waals surface area (Å²) in [4.78, 5) is 42.3. The van der Waals surface area contributed by atoms with Crippen LogP contribution in [-0.4, -0.2) is 33.2 Å². The minimum atomic E-state index is -0.585. The van der Waals surface area contributed by atoms with Crippen LogP contribution in [0.1, 0.15) is 41.2 Å². The first kappa shape index (κ1) is 20.2. The number of nitrogens with one attached hydrogen (secondary N) is 1. The highest BCUT2D eigenvalue weighted by Crippen LogP contribution is 2.30. The number of carbonyl (C=O) groups excluding carboxylic acids is 2. The SMILES string of the molecule is CC(C)CC(=O)N1CCc2nc(NC(=O)c3cc([N+](=O)[O-])ccc3Cl)sc2C1. The maximum absolute atomic E-state index is 12.5. The van der Waals surface area contributed by atoms with Crippen LogP contribution in [0.4, 0.5) is 10.8 Å². The highest BCUT2D eigenvalue weighted by Gasteiger charge is 2.25. The van der Waals surface area contributed by atoms with Gasteiger partial charge in [-0.1, -0.05) is 36.8 Å². The Balaban J connectivity index is 1.73. The zero-order chi connectivity index (χ0) is 20.4. The highest BCUT2D eigenvalue weighted by molar-refractivity contribution is 7.15. The Morgan fingerprint density at radius 3 is 2.86 bits per heavy atom. The second kappa shape index (κ2) is 8.24.